The third-order valence-electron chi connectivity index (χ3n) is 10.0. The van der Waals surface area contributed by atoms with Gasteiger partial charge in [-0.2, -0.15) is 8.78 Å². The molecule has 4 amide bonds. The molecule has 12 nitrogen and oxygen atoms in total. The summed E-state index contributed by atoms with van der Waals surface area (Å²) in [6, 6.07) is 19.6. The summed E-state index contributed by atoms with van der Waals surface area (Å²) in [6.45, 7) is 39.3. The third-order valence-corrected chi connectivity index (χ3v) is 13.7. The number of unbranched alkanes of at least 4 members (excludes halogenated alkanes) is 5. The van der Waals surface area contributed by atoms with E-state index < -0.39 is 14.2 Å². The van der Waals surface area contributed by atoms with E-state index in [9.17, 15) is 32.8 Å². The van der Waals surface area contributed by atoms with Crippen LogP contribution in [0.4, 0.5) is 20.2 Å². The highest BCUT2D eigenvalue weighted by Gasteiger charge is 2.23. The molecule has 2 aromatic carbocycles. The zero-order valence-corrected chi connectivity index (χ0v) is 51.9. The van der Waals surface area contributed by atoms with Crippen LogP contribution in [0, 0.1) is 0 Å². The molecule has 0 aliphatic rings. The molecule has 0 fully saturated rings. The zero-order chi connectivity index (χ0) is 58.4. The lowest BCUT2D eigenvalue weighted by atomic mass is 10.2. The van der Waals surface area contributed by atoms with Crippen molar-refractivity contribution in [2.75, 3.05) is 70.0 Å². The fourth-order valence-corrected chi connectivity index (χ4v) is 8.14. The van der Waals surface area contributed by atoms with Gasteiger partial charge in [0.25, 0.3) is 0 Å². The van der Waals surface area contributed by atoms with Crippen LogP contribution in [-0.4, -0.2) is 109 Å². The number of esters is 1. The van der Waals surface area contributed by atoms with Gasteiger partial charge in [-0.3, -0.25) is 24.0 Å². The van der Waals surface area contributed by atoms with Crippen molar-refractivity contribution in [3.8, 4) is 0 Å². The van der Waals surface area contributed by atoms with Crippen LogP contribution in [0.15, 0.2) is 54.6 Å². The number of carbonyl (C=O) groups excluding carboxylic acids is 5. The summed E-state index contributed by atoms with van der Waals surface area (Å²) in [5.74, 6) is 0.238. The van der Waals surface area contributed by atoms with Gasteiger partial charge in [-0.15, -0.1) is 0 Å². The van der Waals surface area contributed by atoms with Crippen LogP contribution in [0.2, 0.25) is 19.1 Å². The first-order chi connectivity index (χ1) is 34.7. The number of benzene rings is 2. The highest BCUT2D eigenvalue weighted by atomic mass is 28.3. The summed E-state index contributed by atoms with van der Waals surface area (Å²) in [5, 5.41) is 4.14. The minimum absolute atomic E-state index is 0. The number of nitrogens with one attached hydrogen (secondary N) is 1. The van der Waals surface area contributed by atoms with E-state index in [2.05, 4.69) is 101 Å². The topological polar surface area (TPSA) is 135 Å². The monoisotopic (exact) mass is 1120 g/mol. The number of para-hydroxylation sites is 1. The molecule has 0 bridgehead atoms. The Bertz CT molecular complexity index is 1580. The Morgan fingerprint density at radius 2 is 1.06 bits per heavy atom. The summed E-state index contributed by atoms with van der Waals surface area (Å²) < 4.78 is 37.4. The van der Waals surface area contributed by atoms with Crippen LogP contribution in [0.1, 0.15) is 217 Å². The van der Waals surface area contributed by atoms with Crippen molar-refractivity contribution in [1.29, 1.82) is 0 Å². The Morgan fingerprint density at radius 3 is 1.44 bits per heavy atom. The van der Waals surface area contributed by atoms with Gasteiger partial charge in [0.05, 0.1) is 21.3 Å². The lowest BCUT2D eigenvalue weighted by Gasteiger charge is -2.24. The number of alkyl halides is 2. The number of halogens is 2. The van der Waals surface area contributed by atoms with Gasteiger partial charge in [-0.05, 0) is 69.7 Å². The molecule has 0 aliphatic carbocycles. The fourth-order valence-electron chi connectivity index (χ4n) is 5.52. The number of rotatable bonds is 24. The number of ether oxygens (including phenoxy) is 3. The molecule has 1 N–H and O–H groups in total. The third kappa shape index (κ3) is 69.8. The fraction of sp³-hybridized carbons (Fsp3) is 0.726. The molecule has 0 aromatic heterocycles. The van der Waals surface area contributed by atoms with E-state index in [-0.39, 0.29) is 58.5 Å². The van der Waals surface area contributed by atoms with Crippen molar-refractivity contribution in [3.05, 3.63) is 54.6 Å². The van der Waals surface area contributed by atoms with Crippen molar-refractivity contribution >= 4 is 54.2 Å². The Kier molecular flexibility index (Phi) is 77.0. The standard InChI is InChI=1S/C14H23NOSi.C12H17NO.C7H15NO.C6H12F2O.C6H13NO.C6H12O2.C5H12O.C3H8.3CH4/c1-6-10-17(4,5)14-9-7-8-13(11-14)15(3)12(2)16;1-3-4-10-13(11(2)14)12-8-6-5-7-9-12;1-4-5-6-8(3)7(2)9;1-3-4-5-9-6(2,7)8;1-3-4-5-7-6(2)8;1-3-4-5-8-6(2)7;1-3-5-6-4-2;1-3-2;;;/h7-9,11H,6,10H2,1-5H3;5-9H,3-4,10H2,1-2H3;4-6H2,1-3H3;3-5H2,1-2H3;3-5H2,1-2H3,(H,7,8);3-5H2,1-2H3;3-5H2,1-2H3;3H2,1-2H3;3*1H4. The van der Waals surface area contributed by atoms with E-state index in [1.165, 1.54) is 37.9 Å². The van der Waals surface area contributed by atoms with Gasteiger partial charge in [0.15, 0.2) is 0 Å². The van der Waals surface area contributed by atoms with Crippen molar-refractivity contribution in [2.45, 2.75) is 242 Å². The molecule has 0 saturated heterocycles. The number of carbonyl (C=O) groups is 5. The number of hydrogen-bond donors (Lipinski definition) is 1. The molecule has 2 rings (SSSR count). The minimum atomic E-state index is -2.95. The summed E-state index contributed by atoms with van der Waals surface area (Å²) in [6.07, 6.45) is 10.9. The molecule has 0 unspecified atom stereocenters. The highest BCUT2D eigenvalue weighted by Crippen LogP contribution is 2.18. The largest absolute Gasteiger partial charge is 0.466 e. The highest BCUT2D eigenvalue weighted by molar-refractivity contribution is 6.89. The molecular formula is C62H124F2N4O8Si. The second kappa shape index (κ2) is 64.3. The molecule has 0 spiro atoms. The van der Waals surface area contributed by atoms with Gasteiger partial charge in [0.2, 0.25) is 23.6 Å². The summed E-state index contributed by atoms with van der Waals surface area (Å²) in [5.41, 5.74) is 2.00. The number of anilines is 2. The summed E-state index contributed by atoms with van der Waals surface area (Å²) in [4.78, 5) is 58.9. The van der Waals surface area contributed by atoms with Crippen molar-refractivity contribution in [1.82, 2.24) is 10.2 Å². The second-order valence-corrected chi connectivity index (χ2v) is 23.2. The number of amides is 4. The number of hydrogen-bond acceptors (Lipinski definition) is 8. The lowest BCUT2D eigenvalue weighted by Crippen LogP contribution is -2.41. The molecular weight excluding hydrogens is 995 g/mol. The van der Waals surface area contributed by atoms with E-state index >= 15 is 0 Å². The predicted octanol–water partition coefficient (Wildman–Crippen LogP) is 16.5. The average molecular weight is 1120 g/mol. The van der Waals surface area contributed by atoms with Gasteiger partial charge in [-0.1, -0.05) is 184 Å². The molecule has 0 aliphatic heterocycles. The Balaban J connectivity index is -0.000000101. The van der Waals surface area contributed by atoms with Gasteiger partial charge in [0.1, 0.15) is 0 Å². The average Bonchev–Trinajstić information content (AvgIpc) is 3.34. The van der Waals surface area contributed by atoms with E-state index in [0.717, 1.165) is 115 Å². The zero-order valence-electron chi connectivity index (χ0n) is 50.9. The molecule has 0 saturated carbocycles. The summed E-state index contributed by atoms with van der Waals surface area (Å²) in [7, 11) is 2.33. The van der Waals surface area contributed by atoms with Crippen molar-refractivity contribution in [2.24, 2.45) is 0 Å². The van der Waals surface area contributed by atoms with Crippen LogP contribution in [0.3, 0.4) is 0 Å². The van der Waals surface area contributed by atoms with E-state index in [0.29, 0.717) is 13.0 Å². The molecule has 15 heteroatoms. The van der Waals surface area contributed by atoms with Crippen LogP contribution < -0.4 is 20.3 Å². The van der Waals surface area contributed by atoms with Gasteiger partial charge in [0, 0.05) is 99.9 Å². The van der Waals surface area contributed by atoms with Crippen LogP contribution in [-0.2, 0) is 38.2 Å². The SMILES string of the molecule is C.C.C.CCC.CCCCN(C(C)=O)c1ccccc1.CCCCN(C)C(C)=O.CCCCNC(C)=O.CCCCOC(C)(F)F.CCCCOC(C)=O.CCCOCC.CCC[Si](C)(C)c1cccc(N(C)C(C)=O)c1. The minimum Gasteiger partial charge on any atom is -0.466 e. The van der Waals surface area contributed by atoms with Gasteiger partial charge >= 0.3 is 12.1 Å². The maximum atomic E-state index is 11.8. The first kappa shape index (κ1) is 92.2. The van der Waals surface area contributed by atoms with Gasteiger partial charge in [-0.25, -0.2) is 0 Å². The number of nitrogens with zero attached hydrogens (tertiary/aromatic N) is 3. The Labute approximate surface area is 475 Å². The molecule has 0 heterocycles. The maximum absolute atomic E-state index is 11.8. The van der Waals surface area contributed by atoms with Crippen LogP contribution >= 0.6 is 0 Å². The van der Waals surface area contributed by atoms with E-state index in [1.54, 1.807) is 30.6 Å². The normalized spacial score (nSPS) is 9.53. The first-order valence-corrected chi connectivity index (χ1v) is 30.8. The molecule has 0 radical (unpaired) electrons. The van der Waals surface area contributed by atoms with Crippen LogP contribution in [0.25, 0.3) is 0 Å². The smallest absolute Gasteiger partial charge is 0.352 e. The Hall–Kier alpha value is -4.21. The van der Waals surface area contributed by atoms with E-state index in [1.807, 2.05) is 69.2 Å². The second-order valence-electron chi connectivity index (χ2n) is 18.4. The molecule has 458 valence electrons. The van der Waals surface area contributed by atoms with Gasteiger partial charge < -0.3 is 34.2 Å². The van der Waals surface area contributed by atoms with Crippen molar-refractivity contribution in [3.63, 3.8) is 0 Å². The summed E-state index contributed by atoms with van der Waals surface area (Å²) >= 11 is 0. The van der Waals surface area contributed by atoms with Crippen molar-refractivity contribution < 1.29 is 47.0 Å². The molecule has 0 atom stereocenters. The quantitative estimate of drug-likeness (QED) is 0.0624. The lowest BCUT2D eigenvalue weighted by molar-refractivity contribution is -0.224. The molecule has 2 aromatic rings. The first-order valence-electron chi connectivity index (χ1n) is 27.6. The maximum Gasteiger partial charge on any atom is 0.352 e. The Morgan fingerprint density at radius 1 is 0.584 bits per heavy atom. The van der Waals surface area contributed by atoms with E-state index in [4.69, 9.17) is 4.74 Å². The predicted molar refractivity (Wildman–Crippen MR) is 335 cm³/mol. The molecule has 77 heavy (non-hydrogen) atoms. The van der Waals surface area contributed by atoms with Crippen LogP contribution in [0.5, 0.6) is 0 Å².